The minimum Gasteiger partial charge on any atom is -0.311 e. The summed E-state index contributed by atoms with van der Waals surface area (Å²) in [6, 6.07) is 9.90. The van der Waals surface area contributed by atoms with Gasteiger partial charge in [0.1, 0.15) is 12.9 Å². The predicted molar refractivity (Wildman–Crippen MR) is 114 cm³/mol. The molecular formula is C23H26N4O2. The Kier molecular flexibility index (Phi) is 5.43. The Morgan fingerprint density at radius 2 is 1.90 bits per heavy atom. The van der Waals surface area contributed by atoms with E-state index in [1.54, 1.807) is 4.90 Å². The number of pyridine rings is 1. The summed E-state index contributed by atoms with van der Waals surface area (Å²) >= 11 is 0. The summed E-state index contributed by atoms with van der Waals surface area (Å²) in [5.74, 6) is -0.133. The van der Waals surface area contributed by atoms with E-state index >= 15 is 0 Å². The molecule has 0 atom stereocenters. The normalized spacial score (nSPS) is 13.3. The van der Waals surface area contributed by atoms with Crippen LogP contribution >= 0.6 is 0 Å². The second kappa shape index (κ2) is 8.15. The van der Waals surface area contributed by atoms with E-state index in [2.05, 4.69) is 16.9 Å². The minimum atomic E-state index is -0.207. The fourth-order valence-corrected chi connectivity index (χ4v) is 3.97. The third kappa shape index (κ3) is 3.79. The largest absolute Gasteiger partial charge is 0.311 e. The molecule has 2 heterocycles. The van der Waals surface area contributed by atoms with Crippen molar-refractivity contribution in [1.82, 2.24) is 14.5 Å². The first-order chi connectivity index (χ1) is 14.1. The zero-order chi connectivity index (χ0) is 20.4. The Bertz CT molecular complexity index is 1100. The molecule has 150 valence electrons. The fraction of sp³-hybridized carbons (Fsp3) is 0.391. The highest BCUT2D eigenvalue weighted by molar-refractivity contribution is 5.93. The van der Waals surface area contributed by atoms with E-state index in [1.807, 2.05) is 37.3 Å². The number of fused-ring (bicyclic) bond motifs is 2. The Balaban J connectivity index is 1.62. The SMILES string of the molecule is CCc1ccc(N(CC)C(=O)Cn2cnc3nc4c(cc3c2=O)CCCC4)cc1. The van der Waals surface area contributed by atoms with Gasteiger partial charge < -0.3 is 4.90 Å². The molecule has 6 heteroatoms. The summed E-state index contributed by atoms with van der Waals surface area (Å²) in [4.78, 5) is 36.6. The van der Waals surface area contributed by atoms with Crippen molar-refractivity contribution >= 4 is 22.6 Å². The van der Waals surface area contributed by atoms with E-state index < -0.39 is 0 Å². The Morgan fingerprint density at radius 3 is 2.62 bits per heavy atom. The van der Waals surface area contributed by atoms with Crippen LogP contribution in [0, 0.1) is 0 Å². The maximum Gasteiger partial charge on any atom is 0.263 e. The van der Waals surface area contributed by atoms with Gasteiger partial charge in [-0.3, -0.25) is 14.2 Å². The van der Waals surface area contributed by atoms with Gasteiger partial charge in [-0.2, -0.15) is 0 Å². The lowest BCUT2D eigenvalue weighted by Gasteiger charge is -2.22. The van der Waals surface area contributed by atoms with Crippen LogP contribution in [0.15, 0.2) is 41.5 Å². The van der Waals surface area contributed by atoms with Crippen molar-refractivity contribution in [3.8, 4) is 0 Å². The highest BCUT2D eigenvalue weighted by Gasteiger charge is 2.18. The smallest absolute Gasteiger partial charge is 0.263 e. The van der Waals surface area contributed by atoms with E-state index in [1.165, 1.54) is 16.5 Å². The number of hydrogen-bond donors (Lipinski definition) is 0. The molecule has 1 aromatic carbocycles. The number of nitrogens with zero attached hydrogens (tertiary/aromatic N) is 4. The van der Waals surface area contributed by atoms with Gasteiger partial charge >= 0.3 is 0 Å². The van der Waals surface area contributed by atoms with Crippen LogP contribution < -0.4 is 10.5 Å². The summed E-state index contributed by atoms with van der Waals surface area (Å²) in [6.07, 6.45) is 6.54. The highest BCUT2D eigenvalue weighted by Crippen LogP contribution is 2.22. The zero-order valence-corrected chi connectivity index (χ0v) is 17.0. The molecule has 3 aromatic rings. The molecule has 0 N–H and O–H groups in total. The van der Waals surface area contributed by atoms with Crippen LogP contribution in [0.25, 0.3) is 11.0 Å². The van der Waals surface area contributed by atoms with E-state index in [0.29, 0.717) is 17.6 Å². The van der Waals surface area contributed by atoms with Gasteiger partial charge in [0.2, 0.25) is 5.91 Å². The zero-order valence-electron chi connectivity index (χ0n) is 17.0. The number of amides is 1. The molecule has 29 heavy (non-hydrogen) atoms. The molecule has 0 saturated carbocycles. The quantitative estimate of drug-likeness (QED) is 0.670. The van der Waals surface area contributed by atoms with Crippen molar-refractivity contribution < 1.29 is 4.79 Å². The summed E-state index contributed by atoms with van der Waals surface area (Å²) in [5.41, 5.74) is 4.52. The van der Waals surface area contributed by atoms with Gasteiger partial charge in [0.05, 0.1) is 5.39 Å². The van der Waals surface area contributed by atoms with Crippen molar-refractivity contribution in [3.63, 3.8) is 0 Å². The molecule has 0 unspecified atom stereocenters. The van der Waals surface area contributed by atoms with Gasteiger partial charge in [-0.1, -0.05) is 19.1 Å². The van der Waals surface area contributed by atoms with Gasteiger partial charge in [-0.25, -0.2) is 9.97 Å². The first kappa shape index (κ1) is 19.3. The number of anilines is 1. The molecule has 0 fully saturated rings. The number of aromatic nitrogens is 3. The van der Waals surface area contributed by atoms with Crippen molar-refractivity contribution in [2.75, 3.05) is 11.4 Å². The lowest BCUT2D eigenvalue weighted by molar-refractivity contribution is -0.119. The predicted octanol–water partition coefficient (Wildman–Crippen LogP) is 3.29. The molecular weight excluding hydrogens is 364 g/mol. The fourth-order valence-electron chi connectivity index (χ4n) is 3.97. The number of benzene rings is 1. The van der Waals surface area contributed by atoms with Gasteiger partial charge in [0.15, 0.2) is 5.65 Å². The van der Waals surface area contributed by atoms with Crippen LogP contribution in [0.2, 0.25) is 0 Å². The molecule has 6 nitrogen and oxygen atoms in total. The third-order valence-corrected chi connectivity index (χ3v) is 5.67. The molecule has 1 aliphatic carbocycles. The number of carbonyl (C=O) groups is 1. The monoisotopic (exact) mass is 390 g/mol. The number of aryl methyl sites for hydroxylation is 3. The van der Waals surface area contributed by atoms with Crippen LogP contribution in [0.5, 0.6) is 0 Å². The first-order valence-corrected chi connectivity index (χ1v) is 10.4. The molecule has 1 aliphatic rings. The lowest BCUT2D eigenvalue weighted by Crippen LogP contribution is -2.36. The molecule has 0 saturated heterocycles. The molecule has 0 spiro atoms. The maximum atomic E-state index is 13.0. The van der Waals surface area contributed by atoms with Crippen molar-refractivity contribution in [2.45, 2.75) is 52.5 Å². The van der Waals surface area contributed by atoms with E-state index in [4.69, 9.17) is 0 Å². The Morgan fingerprint density at radius 1 is 1.14 bits per heavy atom. The Hall–Kier alpha value is -3.02. The highest BCUT2D eigenvalue weighted by atomic mass is 16.2. The number of likely N-dealkylation sites (N-methyl/N-ethyl adjacent to an activating group) is 1. The van der Waals surface area contributed by atoms with Crippen LogP contribution in [-0.4, -0.2) is 27.0 Å². The number of carbonyl (C=O) groups excluding carboxylic acids is 1. The van der Waals surface area contributed by atoms with E-state index in [0.717, 1.165) is 49.0 Å². The molecule has 0 bridgehead atoms. The van der Waals surface area contributed by atoms with Crippen LogP contribution in [0.4, 0.5) is 5.69 Å². The summed E-state index contributed by atoms with van der Waals surface area (Å²) in [6.45, 7) is 4.53. The van der Waals surface area contributed by atoms with Crippen LogP contribution in [0.1, 0.15) is 43.5 Å². The third-order valence-electron chi connectivity index (χ3n) is 5.67. The van der Waals surface area contributed by atoms with Gasteiger partial charge in [-0.15, -0.1) is 0 Å². The molecule has 4 rings (SSSR count). The van der Waals surface area contributed by atoms with E-state index in [-0.39, 0.29) is 18.0 Å². The van der Waals surface area contributed by atoms with Crippen LogP contribution in [0.3, 0.4) is 0 Å². The van der Waals surface area contributed by atoms with Crippen molar-refractivity contribution in [1.29, 1.82) is 0 Å². The molecule has 0 aliphatic heterocycles. The standard InChI is InChI=1S/C23H26N4O2/c1-3-16-9-11-18(12-10-16)27(4-2)21(28)14-26-15-24-22-19(23(26)29)13-17-7-5-6-8-20(17)25-22/h9-13,15H,3-8,14H2,1-2H3. The lowest BCUT2D eigenvalue weighted by atomic mass is 9.95. The van der Waals surface area contributed by atoms with Crippen LogP contribution in [-0.2, 0) is 30.6 Å². The Labute approximate surface area is 170 Å². The van der Waals surface area contributed by atoms with Gasteiger partial charge in [-0.05, 0) is 68.4 Å². The van der Waals surface area contributed by atoms with Gasteiger partial charge in [0.25, 0.3) is 5.56 Å². The average Bonchev–Trinajstić information content (AvgIpc) is 2.76. The van der Waals surface area contributed by atoms with Crippen molar-refractivity contribution in [3.05, 3.63) is 63.8 Å². The molecule has 1 amide bonds. The summed E-state index contributed by atoms with van der Waals surface area (Å²) < 4.78 is 1.39. The molecule has 2 aromatic heterocycles. The van der Waals surface area contributed by atoms with Crippen molar-refractivity contribution in [2.24, 2.45) is 0 Å². The topological polar surface area (TPSA) is 68.1 Å². The number of rotatable bonds is 5. The van der Waals surface area contributed by atoms with E-state index in [9.17, 15) is 9.59 Å². The van der Waals surface area contributed by atoms with Gasteiger partial charge in [0, 0.05) is 17.9 Å². The second-order valence-corrected chi connectivity index (χ2v) is 7.51. The first-order valence-electron chi connectivity index (χ1n) is 10.4. The number of hydrogen-bond acceptors (Lipinski definition) is 4. The summed E-state index contributed by atoms with van der Waals surface area (Å²) in [5, 5.41) is 0.497. The average molecular weight is 390 g/mol. The molecule has 0 radical (unpaired) electrons. The minimum absolute atomic E-state index is 0.0395. The second-order valence-electron chi connectivity index (χ2n) is 7.51. The maximum absolute atomic E-state index is 13.0. The summed E-state index contributed by atoms with van der Waals surface area (Å²) in [7, 11) is 0.